The molecular weight excluding hydrogens is 180 g/mol. The van der Waals surface area contributed by atoms with Crippen LogP contribution in [0.25, 0.3) is 0 Å². The summed E-state index contributed by atoms with van der Waals surface area (Å²) in [7, 11) is 0. The molecule has 0 saturated carbocycles. The van der Waals surface area contributed by atoms with Crippen molar-refractivity contribution in [1.29, 1.82) is 0 Å². The zero-order chi connectivity index (χ0) is 10.0. The van der Waals surface area contributed by atoms with Gasteiger partial charge in [0.2, 0.25) is 6.54 Å². The van der Waals surface area contributed by atoms with Crippen molar-refractivity contribution in [2.75, 3.05) is 0 Å². The highest BCUT2D eigenvalue weighted by atomic mass is 19.1. The first-order chi connectivity index (χ1) is 6.00. The van der Waals surface area contributed by atoms with E-state index in [9.17, 15) is 18.9 Å². The van der Waals surface area contributed by atoms with Crippen LogP contribution in [0.15, 0.2) is 12.1 Å². The summed E-state index contributed by atoms with van der Waals surface area (Å²) >= 11 is 0. The first-order valence-electron chi connectivity index (χ1n) is 3.57. The Morgan fingerprint density at radius 2 is 1.85 bits per heavy atom. The van der Waals surface area contributed by atoms with Crippen molar-refractivity contribution in [2.45, 2.75) is 13.5 Å². The molecule has 0 spiro atoms. The molecule has 1 aromatic rings. The lowest BCUT2D eigenvalue weighted by atomic mass is 10.1. The Bertz CT molecular complexity index is 329. The second kappa shape index (κ2) is 3.47. The quantitative estimate of drug-likeness (QED) is 0.525. The van der Waals surface area contributed by atoms with Crippen LogP contribution in [0.4, 0.5) is 8.78 Å². The zero-order valence-corrected chi connectivity index (χ0v) is 6.88. The normalized spacial score (nSPS) is 10.1. The van der Waals surface area contributed by atoms with Crippen molar-refractivity contribution >= 4 is 0 Å². The van der Waals surface area contributed by atoms with Crippen molar-refractivity contribution in [1.82, 2.24) is 0 Å². The fourth-order valence-electron chi connectivity index (χ4n) is 1.01. The van der Waals surface area contributed by atoms with Gasteiger partial charge in [-0.2, -0.15) is 0 Å². The van der Waals surface area contributed by atoms with Crippen LogP contribution in [0.3, 0.4) is 0 Å². The Balaban J connectivity index is 3.13. The summed E-state index contributed by atoms with van der Waals surface area (Å²) in [6, 6.07) is 2.14. The lowest BCUT2D eigenvalue weighted by molar-refractivity contribution is -0.497. The molecule has 0 saturated heterocycles. The second-order valence-corrected chi connectivity index (χ2v) is 2.70. The van der Waals surface area contributed by atoms with Crippen LogP contribution in [-0.4, -0.2) is 4.92 Å². The van der Waals surface area contributed by atoms with Gasteiger partial charge in [0.15, 0.2) is 0 Å². The molecule has 0 aliphatic carbocycles. The van der Waals surface area contributed by atoms with E-state index in [0.29, 0.717) is 5.56 Å². The molecule has 0 heterocycles. The van der Waals surface area contributed by atoms with Gasteiger partial charge in [-0.3, -0.25) is 10.1 Å². The minimum atomic E-state index is -0.866. The first kappa shape index (κ1) is 9.57. The van der Waals surface area contributed by atoms with E-state index in [1.807, 2.05) is 0 Å². The minimum absolute atomic E-state index is 0.405. The monoisotopic (exact) mass is 187 g/mol. The number of nitro groups is 1. The fourth-order valence-corrected chi connectivity index (χ4v) is 1.01. The number of benzene rings is 1. The molecule has 0 bridgehead atoms. The molecule has 0 atom stereocenters. The number of aryl methyl sites for hydroxylation is 1. The van der Waals surface area contributed by atoms with Crippen LogP contribution in [0, 0.1) is 28.7 Å². The molecule has 0 fully saturated rings. The van der Waals surface area contributed by atoms with E-state index in [1.165, 1.54) is 6.92 Å². The zero-order valence-electron chi connectivity index (χ0n) is 6.88. The van der Waals surface area contributed by atoms with Gasteiger partial charge in [0, 0.05) is 4.92 Å². The standard InChI is InChI=1S/C8H7F2NO2/c1-5-2-7(9)6(4-11(12)13)8(10)3-5/h2-3H,4H2,1H3. The van der Waals surface area contributed by atoms with Crippen molar-refractivity contribution in [2.24, 2.45) is 0 Å². The molecule has 0 unspecified atom stereocenters. The lowest BCUT2D eigenvalue weighted by Crippen LogP contribution is -2.04. The molecule has 3 nitrogen and oxygen atoms in total. The maximum atomic E-state index is 12.9. The molecule has 1 rings (SSSR count). The van der Waals surface area contributed by atoms with Crippen LogP contribution in [0.5, 0.6) is 0 Å². The molecule has 0 N–H and O–H groups in total. The van der Waals surface area contributed by atoms with Crippen LogP contribution in [-0.2, 0) is 6.54 Å². The average Bonchev–Trinajstić information content (AvgIpc) is 1.96. The van der Waals surface area contributed by atoms with E-state index in [-0.39, 0.29) is 0 Å². The summed E-state index contributed by atoms with van der Waals surface area (Å²) in [6.07, 6.45) is 0. The summed E-state index contributed by atoms with van der Waals surface area (Å²) in [6.45, 7) is 0.694. The summed E-state index contributed by atoms with van der Waals surface area (Å²) in [5.41, 5.74) is -0.0855. The third-order valence-corrected chi connectivity index (χ3v) is 1.57. The molecule has 0 aliphatic rings. The Hall–Kier alpha value is -1.52. The van der Waals surface area contributed by atoms with Crippen molar-refractivity contribution in [3.05, 3.63) is 45.0 Å². The van der Waals surface area contributed by atoms with E-state index in [4.69, 9.17) is 0 Å². The largest absolute Gasteiger partial charge is 0.264 e. The van der Waals surface area contributed by atoms with Crippen molar-refractivity contribution in [3.8, 4) is 0 Å². The van der Waals surface area contributed by atoms with Gasteiger partial charge in [-0.25, -0.2) is 8.78 Å². The number of hydrogen-bond acceptors (Lipinski definition) is 2. The minimum Gasteiger partial charge on any atom is -0.264 e. The predicted octanol–water partition coefficient (Wildman–Crippen LogP) is 2.05. The van der Waals surface area contributed by atoms with Gasteiger partial charge >= 0.3 is 0 Å². The lowest BCUT2D eigenvalue weighted by Gasteiger charge is -2.01. The molecule has 1 aromatic carbocycles. The Labute approximate surface area is 73.1 Å². The molecule has 13 heavy (non-hydrogen) atoms. The van der Waals surface area contributed by atoms with Crippen molar-refractivity contribution in [3.63, 3.8) is 0 Å². The van der Waals surface area contributed by atoms with Crippen LogP contribution >= 0.6 is 0 Å². The molecular formula is C8H7F2NO2. The smallest absolute Gasteiger partial charge is 0.234 e. The van der Waals surface area contributed by atoms with Crippen LogP contribution in [0.2, 0.25) is 0 Å². The van der Waals surface area contributed by atoms with Crippen LogP contribution in [0.1, 0.15) is 11.1 Å². The van der Waals surface area contributed by atoms with Crippen molar-refractivity contribution < 1.29 is 13.7 Å². The molecule has 0 aliphatic heterocycles. The van der Waals surface area contributed by atoms with Gasteiger partial charge in [-0.1, -0.05) is 0 Å². The van der Waals surface area contributed by atoms with Crippen LogP contribution < -0.4 is 0 Å². The third-order valence-electron chi connectivity index (χ3n) is 1.57. The van der Waals surface area contributed by atoms with E-state index < -0.39 is 28.7 Å². The van der Waals surface area contributed by atoms with E-state index in [2.05, 4.69) is 0 Å². The number of hydrogen-bond donors (Lipinski definition) is 0. The Morgan fingerprint density at radius 3 is 2.23 bits per heavy atom. The Morgan fingerprint density at radius 1 is 1.38 bits per heavy atom. The summed E-state index contributed by atoms with van der Waals surface area (Å²) in [5.74, 6) is -1.73. The fraction of sp³-hybridized carbons (Fsp3) is 0.250. The van der Waals surface area contributed by atoms with Gasteiger partial charge in [0.1, 0.15) is 11.6 Å². The first-order valence-corrected chi connectivity index (χ1v) is 3.57. The number of rotatable bonds is 2. The molecule has 0 amide bonds. The van der Waals surface area contributed by atoms with Gasteiger partial charge in [-0.05, 0) is 24.6 Å². The summed E-state index contributed by atoms with van der Waals surface area (Å²) < 4.78 is 25.9. The summed E-state index contributed by atoms with van der Waals surface area (Å²) in [5, 5.41) is 10.0. The van der Waals surface area contributed by atoms with Gasteiger partial charge in [0.25, 0.3) is 0 Å². The van der Waals surface area contributed by atoms with E-state index >= 15 is 0 Å². The van der Waals surface area contributed by atoms with E-state index in [1.54, 1.807) is 0 Å². The highest BCUT2D eigenvalue weighted by Crippen LogP contribution is 2.15. The highest BCUT2D eigenvalue weighted by Gasteiger charge is 2.14. The molecule has 5 heteroatoms. The number of nitrogens with zero attached hydrogens (tertiary/aromatic N) is 1. The highest BCUT2D eigenvalue weighted by molar-refractivity contribution is 5.24. The number of halogens is 2. The summed E-state index contributed by atoms with van der Waals surface area (Å²) in [4.78, 5) is 9.26. The van der Waals surface area contributed by atoms with Gasteiger partial charge in [0.05, 0.1) is 5.56 Å². The third kappa shape index (κ3) is 2.21. The van der Waals surface area contributed by atoms with E-state index in [0.717, 1.165) is 12.1 Å². The molecule has 0 radical (unpaired) electrons. The maximum Gasteiger partial charge on any atom is 0.234 e. The topological polar surface area (TPSA) is 43.1 Å². The average molecular weight is 187 g/mol. The SMILES string of the molecule is Cc1cc(F)c(C[N+](=O)[O-])c(F)c1. The molecule has 70 valence electrons. The molecule has 0 aromatic heterocycles. The second-order valence-electron chi connectivity index (χ2n) is 2.70. The van der Waals surface area contributed by atoms with Gasteiger partial charge < -0.3 is 0 Å². The Kier molecular flexibility index (Phi) is 2.55. The predicted molar refractivity (Wildman–Crippen MR) is 41.8 cm³/mol. The maximum absolute atomic E-state index is 12.9. The van der Waals surface area contributed by atoms with Gasteiger partial charge in [-0.15, -0.1) is 0 Å².